The van der Waals surface area contributed by atoms with Gasteiger partial charge in [0.25, 0.3) is 0 Å². The highest BCUT2D eigenvalue weighted by atomic mass is 127. The van der Waals surface area contributed by atoms with Crippen LogP contribution in [0.25, 0.3) is 0 Å². The summed E-state index contributed by atoms with van der Waals surface area (Å²) < 4.78 is 5.01. The number of hydrogen-bond acceptors (Lipinski definition) is 2. The molecule has 1 aromatic rings. The number of benzene rings is 1. The fraction of sp³-hybridized carbons (Fsp3) is 0.500. The standard InChI is InChI=1S/C14H22ClN3O.HI/c1-3-16-14(17-8-5-9-19-2)18-11-12-6-4-7-13(15)10-12;/h4,6-7,10H,3,5,8-9,11H2,1-2H3,(H2,16,17,18);1H. The first-order valence-electron chi connectivity index (χ1n) is 6.51. The van der Waals surface area contributed by atoms with Gasteiger partial charge >= 0.3 is 0 Å². The van der Waals surface area contributed by atoms with E-state index < -0.39 is 0 Å². The quantitative estimate of drug-likeness (QED) is 0.314. The topological polar surface area (TPSA) is 45.7 Å². The zero-order valence-electron chi connectivity index (χ0n) is 12.0. The molecule has 0 bridgehead atoms. The van der Waals surface area contributed by atoms with Gasteiger partial charge in [0.05, 0.1) is 6.54 Å². The molecule has 1 rings (SSSR count). The zero-order valence-corrected chi connectivity index (χ0v) is 15.1. The van der Waals surface area contributed by atoms with Crippen molar-refractivity contribution in [2.45, 2.75) is 19.9 Å². The van der Waals surface area contributed by atoms with Crippen LogP contribution in [0.5, 0.6) is 0 Å². The molecule has 6 heteroatoms. The number of nitrogens with one attached hydrogen (secondary N) is 2. The summed E-state index contributed by atoms with van der Waals surface area (Å²) >= 11 is 5.95. The number of ether oxygens (including phenoxy) is 1. The minimum absolute atomic E-state index is 0. The van der Waals surface area contributed by atoms with Crippen LogP contribution < -0.4 is 10.6 Å². The van der Waals surface area contributed by atoms with Crippen molar-refractivity contribution in [2.24, 2.45) is 4.99 Å². The van der Waals surface area contributed by atoms with Gasteiger partial charge in [-0.2, -0.15) is 0 Å². The second-order valence-electron chi connectivity index (χ2n) is 4.10. The number of aliphatic imine (C=N–C) groups is 1. The highest BCUT2D eigenvalue weighted by Crippen LogP contribution is 2.11. The monoisotopic (exact) mass is 411 g/mol. The number of methoxy groups -OCH3 is 1. The van der Waals surface area contributed by atoms with Crippen LogP contribution in [0.1, 0.15) is 18.9 Å². The van der Waals surface area contributed by atoms with Gasteiger partial charge in [0.15, 0.2) is 5.96 Å². The summed E-state index contributed by atoms with van der Waals surface area (Å²) in [7, 11) is 1.71. The van der Waals surface area contributed by atoms with Crippen LogP contribution >= 0.6 is 35.6 Å². The van der Waals surface area contributed by atoms with E-state index in [0.29, 0.717) is 6.54 Å². The summed E-state index contributed by atoms with van der Waals surface area (Å²) in [6.07, 6.45) is 0.956. The first-order valence-corrected chi connectivity index (χ1v) is 6.89. The Balaban J connectivity index is 0.00000361. The van der Waals surface area contributed by atoms with E-state index in [0.717, 1.165) is 42.7 Å². The van der Waals surface area contributed by atoms with Gasteiger partial charge in [-0.05, 0) is 31.0 Å². The Morgan fingerprint density at radius 2 is 2.15 bits per heavy atom. The SMILES string of the molecule is CCNC(=NCc1cccc(Cl)c1)NCCCOC.I. The lowest BCUT2D eigenvalue weighted by molar-refractivity contribution is 0.195. The van der Waals surface area contributed by atoms with Crippen molar-refractivity contribution in [3.8, 4) is 0 Å². The summed E-state index contributed by atoms with van der Waals surface area (Å²) in [5, 5.41) is 7.22. The summed E-state index contributed by atoms with van der Waals surface area (Å²) in [4.78, 5) is 4.52. The van der Waals surface area contributed by atoms with Gasteiger partial charge in [-0.1, -0.05) is 23.7 Å². The first kappa shape index (κ1) is 19.5. The van der Waals surface area contributed by atoms with E-state index in [1.807, 2.05) is 31.2 Å². The minimum Gasteiger partial charge on any atom is -0.385 e. The molecule has 0 atom stereocenters. The highest BCUT2D eigenvalue weighted by Gasteiger charge is 1.97. The Bertz CT molecular complexity index is 402. The molecule has 0 radical (unpaired) electrons. The van der Waals surface area contributed by atoms with E-state index in [2.05, 4.69) is 15.6 Å². The zero-order chi connectivity index (χ0) is 13.9. The van der Waals surface area contributed by atoms with Crippen molar-refractivity contribution in [2.75, 3.05) is 26.8 Å². The maximum Gasteiger partial charge on any atom is 0.191 e. The van der Waals surface area contributed by atoms with Gasteiger partial charge in [-0.15, -0.1) is 24.0 Å². The van der Waals surface area contributed by atoms with E-state index >= 15 is 0 Å². The van der Waals surface area contributed by atoms with Gasteiger partial charge in [0.1, 0.15) is 0 Å². The average Bonchev–Trinajstić information content (AvgIpc) is 2.41. The van der Waals surface area contributed by atoms with Crippen LogP contribution in [0.15, 0.2) is 29.3 Å². The number of guanidine groups is 1. The molecule has 0 amide bonds. The van der Waals surface area contributed by atoms with Crippen molar-refractivity contribution in [1.82, 2.24) is 10.6 Å². The predicted molar refractivity (Wildman–Crippen MR) is 96.2 cm³/mol. The molecular weight excluding hydrogens is 389 g/mol. The molecule has 0 saturated carbocycles. The Hall–Kier alpha value is -0.530. The Morgan fingerprint density at radius 1 is 1.35 bits per heavy atom. The van der Waals surface area contributed by atoms with E-state index in [1.54, 1.807) is 7.11 Å². The molecule has 0 aliphatic carbocycles. The van der Waals surface area contributed by atoms with Crippen molar-refractivity contribution in [3.63, 3.8) is 0 Å². The molecular formula is C14H23ClIN3O. The fourth-order valence-corrected chi connectivity index (χ4v) is 1.78. The van der Waals surface area contributed by atoms with E-state index in [4.69, 9.17) is 16.3 Å². The Morgan fingerprint density at radius 3 is 2.80 bits per heavy atom. The van der Waals surface area contributed by atoms with Crippen LogP contribution in [0.4, 0.5) is 0 Å². The van der Waals surface area contributed by atoms with Gasteiger partial charge in [0.2, 0.25) is 0 Å². The van der Waals surface area contributed by atoms with Gasteiger partial charge in [0, 0.05) is 31.8 Å². The lowest BCUT2D eigenvalue weighted by atomic mass is 10.2. The molecule has 0 aliphatic rings. The maximum atomic E-state index is 5.95. The molecule has 114 valence electrons. The van der Waals surface area contributed by atoms with E-state index in [1.165, 1.54) is 0 Å². The molecule has 1 aromatic carbocycles. The lowest BCUT2D eigenvalue weighted by Crippen LogP contribution is -2.38. The van der Waals surface area contributed by atoms with Crippen LogP contribution in [0, 0.1) is 0 Å². The predicted octanol–water partition coefficient (Wildman–Crippen LogP) is 3.05. The minimum atomic E-state index is 0. The molecule has 0 saturated heterocycles. The number of hydrogen-bond donors (Lipinski definition) is 2. The highest BCUT2D eigenvalue weighted by molar-refractivity contribution is 14.0. The van der Waals surface area contributed by atoms with Gasteiger partial charge < -0.3 is 15.4 Å². The van der Waals surface area contributed by atoms with E-state index in [-0.39, 0.29) is 24.0 Å². The second-order valence-corrected chi connectivity index (χ2v) is 4.53. The summed E-state index contributed by atoms with van der Waals surface area (Å²) in [6.45, 7) is 5.09. The van der Waals surface area contributed by atoms with Gasteiger partial charge in [-0.3, -0.25) is 0 Å². The Kier molecular flexibility index (Phi) is 11.9. The van der Waals surface area contributed by atoms with Gasteiger partial charge in [-0.25, -0.2) is 4.99 Å². The molecule has 0 fully saturated rings. The largest absolute Gasteiger partial charge is 0.385 e. The smallest absolute Gasteiger partial charge is 0.191 e. The van der Waals surface area contributed by atoms with Crippen LogP contribution in [-0.4, -0.2) is 32.8 Å². The first-order chi connectivity index (χ1) is 9.26. The fourth-order valence-electron chi connectivity index (χ4n) is 1.57. The third kappa shape index (κ3) is 8.60. The third-order valence-corrected chi connectivity index (χ3v) is 2.71. The third-order valence-electron chi connectivity index (χ3n) is 2.47. The van der Waals surface area contributed by atoms with Crippen molar-refractivity contribution in [3.05, 3.63) is 34.9 Å². The number of nitrogens with zero attached hydrogens (tertiary/aromatic N) is 1. The van der Waals surface area contributed by atoms with Crippen LogP contribution in [-0.2, 0) is 11.3 Å². The van der Waals surface area contributed by atoms with Crippen LogP contribution in [0.3, 0.4) is 0 Å². The molecule has 20 heavy (non-hydrogen) atoms. The van der Waals surface area contributed by atoms with Crippen LogP contribution in [0.2, 0.25) is 5.02 Å². The number of rotatable bonds is 7. The molecule has 0 heterocycles. The summed E-state index contributed by atoms with van der Waals surface area (Å²) in [5.41, 5.74) is 1.10. The number of halogens is 2. The normalized spacial score (nSPS) is 10.8. The molecule has 0 unspecified atom stereocenters. The Labute approximate surface area is 143 Å². The van der Waals surface area contributed by atoms with Crippen molar-refractivity contribution >= 4 is 41.5 Å². The molecule has 0 spiro atoms. The molecule has 4 nitrogen and oxygen atoms in total. The van der Waals surface area contributed by atoms with Crippen molar-refractivity contribution < 1.29 is 4.74 Å². The van der Waals surface area contributed by atoms with Crippen molar-refractivity contribution in [1.29, 1.82) is 0 Å². The van der Waals surface area contributed by atoms with E-state index in [9.17, 15) is 0 Å². The summed E-state index contributed by atoms with van der Waals surface area (Å²) in [6, 6.07) is 7.75. The lowest BCUT2D eigenvalue weighted by Gasteiger charge is -2.11. The molecule has 0 aromatic heterocycles. The summed E-state index contributed by atoms with van der Waals surface area (Å²) in [5.74, 6) is 0.818. The molecule has 0 aliphatic heterocycles. The second kappa shape index (κ2) is 12.2. The maximum absolute atomic E-state index is 5.95. The average molecular weight is 412 g/mol. The molecule has 2 N–H and O–H groups in total.